The summed E-state index contributed by atoms with van der Waals surface area (Å²) in [5.74, 6) is -1.72. The zero-order valence-corrected chi connectivity index (χ0v) is 17.4. The van der Waals surface area contributed by atoms with Crippen molar-refractivity contribution in [3.05, 3.63) is 96.2 Å². The minimum atomic E-state index is -0.938. The molecule has 4 aromatic rings. The number of aliphatic hydroxyl groups is 1. The highest BCUT2D eigenvalue weighted by atomic mass is 16.4. The first-order valence-corrected chi connectivity index (χ1v) is 10.7. The molecule has 0 saturated heterocycles. The van der Waals surface area contributed by atoms with Gasteiger partial charge in [-0.2, -0.15) is 0 Å². The molecule has 4 heteroatoms. The van der Waals surface area contributed by atoms with E-state index >= 15 is 0 Å². The first-order valence-electron chi connectivity index (χ1n) is 10.7. The molecule has 0 bridgehead atoms. The number of aromatic nitrogens is 1. The molecule has 1 unspecified atom stereocenters. The van der Waals surface area contributed by atoms with E-state index in [4.69, 9.17) is 0 Å². The van der Waals surface area contributed by atoms with Crippen molar-refractivity contribution < 1.29 is 15.0 Å². The largest absolute Gasteiger partial charge is 0.481 e. The van der Waals surface area contributed by atoms with Crippen LogP contribution in [-0.2, 0) is 17.6 Å². The quantitative estimate of drug-likeness (QED) is 0.341. The molecule has 0 aliphatic heterocycles. The summed E-state index contributed by atoms with van der Waals surface area (Å²) in [6.45, 7) is 0. The lowest BCUT2D eigenvalue weighted by Gasteiger charge is -2.19. The van der Waals surface area contributed by atoms with Gasteiger partial charge in [0.2, 0.25) is 0 Å². The second-order valence-corrected chi connectivity index (χ2v) is 8.01. The van der Waals surface area contributed by atoms with Gasteiger partial charge >= 0.3 is 5.97 Å². The van der Waals surface area contributed by atoms with E-state index in [1.54, 1.807) is 0 Å². The number of rotatable bonds is 9. The Morgan fingerprint density at radius 2 is 1.48 bits per heavy atom. The Morgan fingerprint density at radius 3 is 2.23 bits per heavy atom. The van der Waals surface area contributed by atoms with E-state index in [9.17, 15) is 15.0 Å². The van der Waals surface area contributed by atoms with Crippen LogP contribution in [0.2, 0.25) is 0 Å². The Labute approximate surface area is 182 Å². The summed E-state index contributed by atoms with van der Waals surface area (Å²) in [4.78, 5) is 15.0. The second kappa shape index (κ2) is 9.63. The van der Waals surface area contributed by atoms with Gasteiger partial charge in [-0.05, 0) is 54.0 Å². The van der Waals surface area contributed by atoms with Crippen molar-refractivity contribution in [2.75, 3.05) is 0 Å². The highest BCUT2D eigenvalue weighted by Crippen LogP contribution is 2.24. The number of nitrogens with one attached hydrogen (secondary N) is 1. The summed E-state index contributed by atoms with van der Waals surface area (Å²) in [7, 11) is 0. The summed E-state index contributed by atoms with van der Waals surface area (Å²) in [6, 6.07) is 26.4. The molecule has 0 saturated carbocycles. The minimum absolute atomic E-state index is 0.408. The van der Waals surface area contributed by atoms with Crippen LogP contribution in [0.25, 0.3) is 22.0 Å². The number of aliphatic hydroxyl groups excluding tert-OH is 1. The SMILES string of the molecule is O=C(O)[C@H](CCc1c[nH]c2ccccc12)C(O)CCc1ccc(-c2ccccc2)cc1. The highest BCUT2D eigenvalue weighted by molar-refractivity contribution is 5.83. The Kier molecular flexibility index (Phi) is 6.48. The summed E-state index contributed by atoms with van der Waals surface area (Å²) in [5, 5.41) is 21.4. The van der Waals surface area contributed by atoms with E-state index in [2.05, 4.69) is 41.4 Å². The summed E-state index contributed by atoms with van der Waals surface area (Å²) >= 11 is 0. The van der Waals surface area contributed by atoms with Crippen LogP contribution in [0.1, 0.15) is 24.0 Å². The number of hydrogen-bond acceptors (Lipinski definition) is 2. The number of aromatic amines is 1. The van der Waals surface area contributed by atoms with Gasteiger partial charge in [-0.25, -0.2) is 0 Å². The lowest BCUT2D eigenvalue weighted by molar-refractivity contribution is -0.146. The van der Waals surface area contributed by atoms with Crippen LogP contribution in [-0.4, -0.2) is 27.3 Å². The lowest BCUT2D eigenvalue weighted by Crippen LogP contribution is -2.29. The zero-order valence-electron chi connectivity index (χ0n) is 17.4. The average molecular weight is 414 g/mol. The molecular formula is C27H27NO3. The van der Waals surface area contributed by atoms with Gasteiger partial charge in [0.05, 0.1) is 12.0 Å². The van der Waals surface area contributed by atoms with Crippen LogP contribution in [0, 0.1) is 5.92 Å². The van der Waals surface area contributed by atoms with E-state index in [0.29, 0.717) is 25.7 Å². The molecule has 0 radical (unpaired) electrons. The van der Waals surface area contributed by atoms with Crippen molar-refractivity contribution in [2.45, 2.75) is 31.8 Å². The molecular weight excluding hydrogens is 386 g/mol. The van der Waals surface area contributed by atoms with Gasteiger partial charge in [0.1, 0.15) is 0 Å². The highest BCUT2D eigenvalue weighted by Gasteiger charge is 2.26. The third-order valence-corrected chi connectivity index (χ3v) is 5.97. The first kappa shape index (κ1) is 20.9. The van der Waals surface area contributed by atoms with Crippen molar-refractivity contribution in [2.24, 2.45) is 5.92 Å². The van der Waals surface area contributed by atoms with Gasteiger partial charge in [-0.15, -0.1) is 0 Å². The Bertz CT molecular complexity index is 1130. The van der Waals surface area contributed by atoms with E-state index in [0.717, 1.165) is 33.2 Å². The third-order valence-electron chi connectivity index (χ3n) is 5.97. The fourth-order valence-electron chi connectivity index (χ4n) is 4.14. The van der Waals surface area contributed by atoms with Crippen LogP contribution in [0.15, 0.2) is 85.1 Å². The molecule has 0 aliphatic carbocycles. The number of fused-ring (bicyclic) bond motifs is 1. The van der Waals surface area contributed by atoms with Crippen molar-refractivity contribution in [1.82, 2.24) is 4.98 Å². The van der Waals surface area contributed by atoms with Gasteiger partial charge in [0.25, 0.3) is 0 Å². The van der Waals surface area contributed by atoms with E-state index in [1.807, 2.05) is 48.7 Å². The van der Waals surface area contributed by atoms with Gasteiger partial charge in [0, 0.05) is 17.1 Å². The van der Waals surface area contributed by atoms with Crippen LogP contribution in [0.4, 0.5) is 0 Å². The topological polar surface area (TPSA) is 73.3 Å². The maximum absolute atomic E-state index is 11.8. The molecule has 158 valence electrons. The number of hydrogen-bond donors (Lipinski definition) is 3. The van der Waals surface area contributed by atoms with E-state index in [-0.39, 0.29) is 0 Å². The second-order valence-electron chi connectivity index (χ2n) is 8.01. The monoisotopic (exact) mass is 413 g/mol. The number of carbonyl (C=O) groups is 1. The molecule has 0 amide bonds. The number of benzene rings is 3. The molecule has 0 fully saturated rings. The Balaban J connectivity index is 1.35. The summed E-state index contributed by atoms with van der Waals surface area (Å²) in [5.41, 5.74) is 5.54. The molecule has 1 heterocycles. The Morgan fingerprint density at radius 1 is 0.806 bits per heavy atom. The molecule has 4 nitrogen and oxygen atoms in total. The van der Waals surface area contributed by atoms with Gasteiger partial charge < -0.3 is 15.2 Å². The number of carboxylic acids is 1. The number of para-hydroxylation sites is 1. The molecule has 31 heavy (non-hydrogen) atoms. The van der Waals surface area contributed by atoms with Crippen LogP contribution < -0.4 is 0 Å². The van der Waals surface area contributed by atoms with Gasteiger partial charge in [-0.3, -0.25) is 4.79 Å². The summed E-state index contributed by atoms with van der Waals surface area (Å²) < 4.78 is 0. The van der Waals surface area contributed by atoms with Gasteiger partial charge in [-0.1, -0.05) is 72.8 Å². The average Bonchev–Trinajstić information content (AvgIpc) is 3.22. The molecule has 3 N–H and O–H groups in total. The van der Waals surface area contributed by atoms with Crippen LogP contribution >= 0.6 is 0 Å². The minimum Gasteiger partial charge on any atom is -0.481 e. The maximum atomic E-state index is 11.8. The lowest BCUT2D eigenvalue weighted by atomic mass is 9.90. The molecule has 4 rings (SSSR count). The molecule has 2 atom stereocenters. The molecule has 3 aromatic carbocycles. The number of H-pyrrole nitrogens is 1. The number of aliphatic carboxylic acids is 1. The zero-order chi connectivity index (χ0) is 21.6. The number of carboxylic acid groups (broad SMARTS) is 1. The maximum Gasteiger partial charge on any atom is 0.309 e. The fourth-order valence-corrected chi connectivity index (χ4v) is 4.14. The van der Waals surface area contributed by atoms with Crippen molar-refractivity contribution >= 4 is 16.9 Å². The smallest absolute Gasteiger partial charge is 0.309 e. The van der Waals surface area contributed by atoms with Crippen LogP contribution in [0.3, 0.4) is 0 Å². The van der Waals surface area contributed by atoms with Crippen molar-refractivity contribution in [3.63, 3.8) is 0 Å². The number of aryl methyl sites for hydroxylation is 2. The molecule has 0 spiro atoms. The standard InChI is InChI=1S/C27H27NO3/c29-26(17-12-19-10-13-21(14-11-19)20-6-2-1-3-7-20)24(27(30)31)16-15-22-18-28-25-9-5-4-8-23(22)25/h1-11,13-14,18,24,26,28-29H,12,15-17H2,(H,30,31)/t24-,26?/m1/s1. The third kappa shape index (κ3) is 5.04. The van der Waals surface area contributed by atoms with E-state index < -0.39 is 18.0 Å². The van der Waals surface area contributed by atoms with Crippen molar-refractivity contribution in [3.8, 4) is 11.1 Å². The van der Waals surface area contributed by atoms with Crippen LogP contribution in [0.5, 0.6) is 0 Å². The fraction of sp³-hybridized carbons (Fsp3) is 0.222. The molecule has 0 aliphatic rings. The normalized spacial score (nSPS) is 13.2. The van der Waals surface area contributed by atoms with E-state index in [1.165, 1.54) is 0 Å². The van der Waals surface area contributed by atoms with Gasteiger partial charge in [0.15, 0.2) is 0 Å². The molecule has 1 aromatic heterocycles. The predicted octanol–water partition coefficient (Wildman–Crippen LogP) is 5.46. The van der Waals surface area contributed by atoms with Crippen molar-refractivity contribution in [1.29, 1.82) is 0 Å². The predicted molar refractivity (Wildman–Crippen MR) is 124 cm³/mol. The Hall–Kier alpha value is -3.37. The first-order chi connectivity index (χ1) is 15.1. The summed E-state index contributed by atoms with van der Waals surface area (Å²) in [6.07, 6.45) is 3.15.